The Morgan fingerprint density at radius 2 is 1.85 bits per heavy atom. The molecule has 0 heterocycles. The van der Waals surface area contributed by atoms with Gasteiger partial charge in [0.15, 0.2) is 6.61 Å². The zero-order chi connectivity index (χ0) is 18.6. The zero-order valence-corrected chi connectivity index (χ0v) is 14.8. The number of nitrogens with one attached hydrogen (secondary N) is 1. The van der Waals surface area contributed by atoms with Crippen LogP contribution in [0.15, 0.2) is 65.8 Å². The summed E-state index contributed by atoms with van der Waals surface area (Å²) in [6, 6.07) is 17.0. The number of ether oxygens (including phenoxy) is 1. The molecule has 27 heavy (non-hydrogen) atoms. The molecule has 2 atom stereocenters. The summed E-state index contributed by atoms with van der Waals surface area (Å²) in [7, 11) is 0. The number of hydrazone groups is 1. The molecule has 2 aromatic rings. The van der Waals surface area contributed by atoms with E-state index in [-0.39, 0.29) is 12.5 Å². The van der Waals surface area contributed by atoms with E-state index >= 15 is 0 Å². The van der Waals surface area contributed by atoms with Crippen molar-refractivity contribution in [3.8, 4) is 22.9 Å². The molecule has 0 spiro atoms. The van der Waals surface area contributed by atoms with Crippen LogP contribution in [0.1, 0.15) is 18.4 Å². The van der Waals surface area contributed by atoms with E-state index in [1.807, 2.05) is 36.4 Å². The largest absolute Gasteiger partial charge is 0.484 e. The van der Waals surface area contributed by atoms with Crippen LogP contribution in [0.3, 0.4) is 0 Å². The number of allylic oxidation sites excluding steroid dienone is 2. The van der Waals surface area contributed by atoms with E-state index in [4.69, 9.17) is 10.00 Å². The number of hydrogen-bond donors (Lipinski definition) is 1. The molecular weight excluding hydrogens is 338 g/mol. The maximum Gasteiger partial charge on any atom is 0.277 e. The topological polar surface area (TPSA) is 74.5 Å². The first-order valence-corrected chi connectivity index (χ1v) is 8.98. The van der Waals surface area contributed by atoms with Crippen molar-refractivity contribution >= 4 is 11.6 Å². The second-order valence-corrected chi connectivity index (χ2v) is 6.78. The van der Waals surface area contributed by atoms with Gasteiger partial charge >= 0.3 is 0 Å². The van der Waals surface area contributed by atoms with E-state index in [0.717, 1.165) is 29.7 Å². The van der Waals surface area contributed by atoms with Gasteiger partial charge in [0, 0.05) is 11.6 Å². The van der Waals surface area contributed by atoms with Crippen LogP contribution >= 0.6 is 0 Å². The lowest BCUT2D eigenvalue weighted by Crippen LogP contribution is -2.36. The highest BCUT2D eigenvalue weighted by molar-refractivity contribution is 5.94. The molecule has 1 amide bonds. The SMILES string of the molecule is N#Cc1ccc(-c2ccc(OCC(=O)N/N=C3/C[C@@H]4C=CC[C@H]34)cc2)cc1. The molecule has 1 fully saturated rings. The average molecular weight is 357 g/mol. The van der Waals surface area contributed by atoms with E-state index in [9.17, 15) is 4.79 Å². The first kappa shape index (κ1) is 17.0. The van der Waals surface area contributed by atoms with Gasteiger partial charge in [-0.1, -0.05) is 36.4 Å². The number of carbonyl (C=O) groups is 1. The summed E-state index contributed by atoms with van der Waals surface area (Å²) >= 11 is 0. The van der Waals surface area contributed by atoms with Crippen molar-refractivity contribution in [3.05, 3.63) is 66.2 Å². The van der Waals surface area contributed by atoms with Gasteiger partial charge in [-0.3, -0.25) is 4.79 Å². The number of carbonyl (C=O) groups excluding carboxylic acids is 1. The van der Waals surface area contributed by atoms with Crippen molar-refractivity contribution in [3.63, 3.8) is 0 Å². The Labute approximate surface area is 158 Å². The Balaban J connectivity index is 1.27. The third kappa shape index (κ3) is 3.75. The van der Waals surface area contributed by atoms with Crippen molar-refractivity contribution in [2.45, 2.75) is 12.8 Å². The monoisotopic (exact) mass is 357 g/mol. The standard InChI is InChI=1S/C22H19N3O2/c23-13-15-4-6-16(7-5-15)17-8-10-19(11-9-17)27-14-22(26)25-24-21-12-18-2-1-3-20(18)21/h1-2,4-11,18,20H,3,12,14H2,(H,25,26)/b24-21-/t18-,20-/m0/s1. The van der Waals surface area contributed by atoms with E-state index in [1.54, 1.807) is 12.1 Å². The zero-order valence-electron chi connectivity index (χ0n) is 14.8. The molecule has 2 aliphatic carbocycles. The summed E-state index contributed by atoms with van der Waals surface area (Å²) in [6.45, 7) is -0.0701. The first-order valence-electron chi connectivity index (χ1n) is 8.98. The molecule has 2 aromatic carbocycles. The Bertz CT molecular complexity index is 937. The van der Waals surface area contributed by atoms with E-state index in [2.05, 4.69) is 28.7 Å². The van der Waals surface area contributed by atoms with Crippen molar-refractivity contribution < 1.29 is 9.53 Å². The Morgan fingerprint density at radius 3 is 2.52 bits per heavy atom. The molecule has 0 unspecified atom stereocenters. The maximum absolute atomic E-state index is 11.9. The molecular formula is C22H19N3O2. The molecule has 4 rings (SSSR count). The minimum atomic E-state index is -0.256. The molecule has 0 saturated heterocycles. The summed E-state index contributed by atoms with van der Waals surface area (Å²) in [4.78, 5) is 11.9. The van der Waals surface area contributed by atoms with E-state index in [0.29, 0.717) is 23.1 Å². The first-order chi connectivity index (χ1) is 13.2. The Hall–Kier alpha value is -3.39. The molecule has 5 nitrogen and oxygen atoms in total. The molecule has 134 valence electrons. The van der Waals surface area contributed by atoms with Crippen LogP contribution in [-0.4, -0.2) is 18.2 Å². The lowest BCUT2D eigenvalue weighted by atomic mass is 9.74. The average Bonchev–Trinajstić information content (AvgIpc) is 3.08. The molecule has 0 aromatic heterocycles. The van der Waals surface area contributed by atoms with Crippen molar-refractivity contribution in [1.29, 1.82) is 5.26 Å². The third-order valence-corrected chi connectivity index (χ3v) is 5.06. The fourth-order valence-corrected chi connectivity index (χ4v) is 3.46. The molecule has 0 bridgehead atoms. The number of nitrogens with zero attached hydrogens (tertiary/aromatic N) is 2. The highest BCUT2D eigenvalue weighted by Gasteiger charge is 2.37. The van der Waals surface area contributed by atoms with Crippen molar-refractivity contribution in [2.24, 2.45) is 16.9 Å². The van der Waals surface area contributed by atoms with Crippen LogP contribution in [0.25, 0.3) is 11.1 Å². The number of benzene rings is 2. The molecule has 2 aliphatic rings. The van der Waals surface area contributed by atoms with Crippen LogP contribution < -0.4 is 10.2 Å². The van der Waals surface area contributed by atoms with Crippen LogP contribution in [0, 0.1) is 23.2 Å². The third-order valence-electron chi connectivity index (χ3n) is 5.06. The van der Waals surface area contributed by atoms with Gasteiger partial charge < -0.3 is 4.74 Å². The number of amides is 1. The summed E-state index contributed by atoms with van der Waals surface area (Å²) in [5.74, 6) is 1.47. The maximum atomic E-state index is 11.9. The second-order valence-electron chi connectivity index (χ2n) is 6.78. The Kier molecular flexibility index (Phi) is 4.71. The van der Waals surface area contributed by atoms with E-state index in [1.165, 1.54) is 0 Å². The fourth-order valence-electron chi connectivity index (χ4n) is 3.46. The summed E-state index contributed by atoms with van der Waals surface area (Å²) in [5, 5.41) is 13.1. The second kappa shape index (κ2) is 7.46. The predicted molar refractivity (Wildman–Crippen MR) is 103 cm³/mol. The van der Waals surface area contributed by atoms with Gasteiger partial charge in [-0.2, -0.15) is 10.4 Å². The summed E-state index contributed by atoms with van der Waals surface area (Å²) in [5.41, 5.74) is 6.34. The van der Waals surface area contributed by atoms with E-state index < -0.39 is 0 Å². The lowest BCUT2D eigenvalue weighted by Gasteiger charge is -2.31. The number of nitriles is 1. The van der Waals surface area contributed by atoms with Gasteiger partial charge in [0.05, 0.1) is 11.6 Å². The smallest absolute Gasteiger partial charge is 0.277 e. The highest BCUT2D eigenvalue weighted by Crippen LogP contribution is 2.40. The molecule has 0 radical (unpaired) electrons. The van der Waals surface area contributed by atoms with Crippen molar-refractivity contribution in [1.82, 2.24) is 5.43 Å². The molecule has 1 N–H and O–H groups in total. The summed E-state index contributed by atoms with van der Waals surface area (Å²) < 4.78 is 5.53. The van der Waals surface area contributed by atoms with Gasteiger partial charge in [-0.25, -0.2) is 5.43 Å². The summed E-state index contributed by atoms with van der Waals surface area (Å²) in [6.07, 6.45) is 6.39. The van der Waals surface area contributed by atoms with Crippen LogP contribution in [-0.2, 0) is 4.79 Å². The van der Waals surface area contributed by atoms with Gasteiger partial charge in [-0.05, 0) is 54.2 Å². The van der Waals surface area contributed by atoms with Crippen LogP contribution in [0.5, 0.6) is 5.75 Å². The lowest BCUT2D eigenvalue weighted by molar-refractivity contribution is -0.123. The van der Waals surface area contributed by atoms with Gasteiger partial charge in [0.25, 0.3) is 5.91 Å². The molecule has 5 heteroatoms. The normalized spacial score (nSPS) is 21.2. The fraction of sp³-hybridized carbons (Fsp3) is 0.227. The highest BCUT2D eigenvalue weighted by atomic mass is 16.5. The minimum Gasteiger partial charge on any atom is -0.484 e. The van der Waals surface area contributed by atoms with Crippen LogP contribution in [0.4, 0.5) is 0 Å². The van der Waals surface area contributed by atoms with Gasteiger partial charge in [-0.15, -0.1) is 0 Å². The predicted octanol–water partition coefficient (Wildman–Crippen LogP) is 3.67. The minimum absolute atomic E-state index is 0.0701. The van der Waals surface area contributed by atoms with Crippen LogP contribution in [0.2, 0.25) is 0 Å². The van der Waals surface area contributed by atoms with Gasteiger partial charge in [0.2, 0.25) is 0 Å². The number of hydrogen-bond acceptors (Lipinski definition) is 4. The Morgan fingerprint density at radius 1 is 1.15 bits per heavy atom. The molecule has 0 aliphatic heterocycles. The number of rotatable bonds is 5. The van der Waals surface area contributed by atoms with Gasteiger partial charge in [0.1, 0.15) is 5.75 Å². The number of fused-ring (bicyclic) bond motifs is 1. The molecule has 1 saturated carbocycles. The van der Waals surface area contributed by atoms with Crippen molar-refractivity contribution in [2.75, 3.05) is 6.61 Å². The quantitative estimate of drug-likeness (QED) is 0.655.